The van der Waals surface area contributed by atoms with Gasteiger partial charge in [-0.3, -0.25) is 4.79 Å². The Morgan fingerprint density at radius 2 is 0.571 bits per heavy atom. The van der Waals surface area contributed by atoms with E-state index in [1.165, 1.54) is 103 Å². The van der Waals surface area contributed by atoms with E-state index in [4.69, 9.17) is 10.2 Å². The minimum absolute atomic E-state index is 0.339. The molecule has 2 N–H and O–H groups in total. The van der Waals surface area contributed by atoms with Crippen LogP contribution in [0.2, 0.25) is 0 Å². The molecule has 0 rings (SSSR count). The summed E-state index contributed by atoms with van der Waals surface area (Å²) in [6.07, 6.45) is 26.1. The molecule has 0 aliphatic carbocycles. The van der Waals surface area contributed by atoms with Crippen molar-refractivity contribution in [2.75, 3.05) is 13.2 Å². The fraction of sp³-hybridized carbons (Fsp3) is 0.960. The zero-order valence-electron chi connectivity index (χ0n) is 18.8. The van der Waals surface area contributed by atoms with Crippen LogP contribution in [-0.2, 0) is 4.79 Å². The Balaban J connectivity index is 3.13. The van der Waals surface area contributed by atoms with Gasteiger partial charge in [0.05, 0.1) is 0 Å². The van der Waals surface area contributed by atoms with Gasteiger partial charge >= 0.3 is 0 Å². The lowest BCUT2D eigenvalue weighted by atomic mass is 10.0. The van der Waals surface area contributed by atoms with Crippen molar-refractivity contribution in [3.8, 4) is 0 Å². The molecule has 0 radical (unpaired) electrons. The Morgan fingerprint density at radius 3 is 0.821 bits per heavy atom. The predicted octanol–water partition coefficient (Wildman–Crippen LogP) is 7.12. The van der Waals surface area contributed by atoms with Gasteiger partial charge < -0.3 is 10.2 Å². The van der Waals surface area contributed by atoms with E-state index >= 15 is 0 Å². The molecule has 0 saturated heterocycles. The molecule has 0 aromatic rings. The highest BCUT2D eigenvalue weighted by atomic mass is 16.3. The molecule has 168 valence electrons. The molecule has 0 aliphatic heterocycles. The Hall–Kier alpha value is -0.410. The highest BCUT2D eigenvalue weighted by Gasteiger charge is 2.02. The van der Waals surface area contributed by atoms with Crippen LogP contribution in [0.25, 0.3) is 0 Å². The van der Waals surface area contributed by atoms with Crippen molar-refractivity contribution in [2.24, 2.45) is 0 Å². The molecular formula is C25H50O3. The van der Waals surface area contributed by atoms with Gasteiger partial charge in [-0.25, -0.2) is 0 Å². The second-order valence-electron chi connectivity index (χ2n) is 8.56. The number of unbranched alkanes of at least 4 members (excludes halogenated alkanes) is 18. The summed E-state index contributed by atoms with van der Waals surface area (Å²) in [4.78, 5) is 11.9. The first-order valence-electron chi connectivity index (χ1n) is 12.5. The highest BCUT2D eigenvalue weighted by molar-refractivity contribution is 5.78. The van der Waals surface area contributed by atoms with Crippen molar-refractivity contribution in [3.63, 3.8) is 0 Å². The van der Waals surface area contributed by atoms with Crippen LogP contribution < -0.4 is 0 Å². The second kappa shape index (κ2) is 24.6. The first kappa shape index (κ1) is 27.6. The zero-order chi connectivity index (χ0) is 20.5. The lowest BCUT2D eigenvalue weighted by Gasteiger charge is -2.04. The van der Waals surface area contributed by atoms with E-state index in [0.717, 1.165) is 38.5 Å². The van der Waals surface area contributed by atoms with E-state index in [-0.39, 0.29) is 0 Å². The lowest BCUT2D eigenvalue weighted by Crippen LogP contribution is -1.97. The Bertz CT molecular complexity index is 276. The molecule has 0 unspecified atom stereocenters. The molecule has 0 aliphatic rings. The number of rotatable bonds is 24. The van der Waals surface area contributed by atoms with Gasteiger partial charge in [-0.15, -0.1) is 0 Å². The van der Waals surface area contributed by atoms with Gasteiger partial charge in [-0.1, -0.05) is 103 Å². The van der Waals surface area contributed by atoms with E-state index in [9.17, 15) is 4.79 Å². The quantitative estimate of drug-likeness (QED) is 0.170. The summed E-state index contributed by atoms with van der Waals surface area (Å²) in [5.41, 5.74) is 0. The largest absolute Gasteiger partial charge is 0.396 e. The fourth-order valence-electron chi connectivity index (χ4n) is 3.82. The molecule has 0 saturated carbocycles. The Labute approximate surface area is 175 Å². The summed E-state index contributed by atoms with van der Waals surface area (Å²) in [5.74, 6) is 0.479. The first-order valence-corrected chi connectivity index (χ1v) is 12.5. The molecule has 0 amide bonds. The van der Waals surface area contributed by atoms with Gasteiger partial charge in [0.1, 0.15) is 5.78 Å². The van der Waals surface area contributed by atoms with E-state index in [1.54, 1.807) is 0 Å². The van der Waals surface area contributed by atoms with Crippen molar-refractivity contribution in [2.45, 2.75) is 141 Å². The second-order valence-corrected chi connectivity index (χ2v) is 8.56. The molecule has 0 aromatic heterocycles. The number of hydrogen-bond acceptors (Lipinski definition) is 3. The maximum atomic E-state index is 11.9. The number of carbonyl (C=O) groups excluding carboxylic acids is 1. The number of aliphatic hydroxyl groups excluding tert-OH is 2. The Morgan fingerprint density at radius 1 is 0.357 bits per heavy atom. The molecule has 3 heteroatoms. The number of aliphatic hydroxyl groups is 2. The van der Waals surface area contributed by atoms with Crippen molar-refractivity contribution in [1.82, 2.24) is 0 Å². The minimum Gasteiger partial charge on any atom is -0.396 e. The van der Waals surface area contributed by atoms with E-state index in [0.29, 0.717) is 19.0 Å². The van der Waals surface area contributed by atoms with Crippen molar-refractivity contribution >= 4 is 5.78 Å². The summed E-state index contributed by atoms with van der Waals surface area (Å²) in [6, 6.07) is 0. The van der Waals surface area contributed by atoms with Crippen LogP contribution in [0.5, 0.6) is 0 Å². The van der Waals surface area contributed by atoms with Gasteiger partial charge in [0, 0.05) is 26.1 Å². The normalized spacial score (nSPS) is 11.2. The van der Waals surface area contributed by atoms with Crippen LogP contribution in [0.1, 0.15) is 141 Å². The molecule has 0 bridgehead atoms. The number of hydrogen-bond donors (Lipinski definition) is 2. The summed E-state index contributed by atoms with van der Waals surface area (Å²) in [5, 5.41) is 17.5. The molecule has 0 fully saturated rings. The highest BCUT2D eigenvalue weighted by Crippen LogP contribution is 2.14. The summed E-state index contributed by atoms with van der Waals surface area (Å²) in [7, 11) is 0. The molecule has 0 heterocycles. The van der Waals surface area contributed by atoms with Crippen molar-refractivity contribution in [3.05, 3.63) is 0 Å². The fourth-order valence-corrected chi connectivity index (χ4v) is 3.82. The van der Waals surface area contributed by atoms with Crippen molar-refractivity contribution in [1.29, 1.82) is 0 Å². The lowest BCUT2D eigenvalue weighted by molar-refractivity contribution is -0.119. The molecule has 28 heavy (non-hydrogen) atoms. The third-order valence-electron chi connectivity index (χ3n) is 5.73. The topological polar surface area (TPSA) is 57.5 Å². The molecule has 0 spiro atoms. The van der Waals surface area contributed by atoms with Gasteiger partial charge in [-0.2, -0.15) is 0 Å². The summed E-state index contributed by atoms with van der Waals surface area (Å²) in [6.45, 7) is 0.679. The van der Waals surface area contributed by atoms with Gasteiger partial charge in [-0.05, 0) is 25.7 Å². The maximum Gasteiger partial charge on any atom is 0.132 e. The molecule has 0 atom stereocenters. The van der Waals surface area contributed by atoms with Gasteiger partial charge in [0.25, 0.3) is 0 Å². The molecular weight excluding hydrogens is 348 g/mol. The summed E-state index contributed by atoms with van der Waals surface area (Å²) < 4.78 is 0. The SMILES string of the molecule is O=C(CCCCCCCCCCCCO)CCCCCCCCCCCCO. The predicted molar refractivity (Wildman–Crippen MR) is 121 cm³/mol. The maximum absolute atomic E-state index is 11.9. The van der Waals surface area contributed by atoms with Crippen molar-refractivity contribution < 1.29 is 15.0 Å². The molecule has 0 aromatic carbocycles. The average molecular weight is 399 g/mol. The number of Topliss-reactive ketones (excluding diaryl/α,β-unsaturated/α-hetero) is 1. The van der Waals surface area contributed by atoms with Gasteiger partial charge in [0.2, 0.25) is 0 Å². The Kier molecular flexibility index (Phi) is 24.3. The van der Waals surface area contributed by atoms with Crippen LogP contribution in [0.4, 0.5) is 0 Å². The number of carbonyl (C=O) groups is 1. The monoisotopic (exact) mass is 398 g/mol. The van der Waals surface area contributed by atoms with E-state index < -0.39 is 0 Å². The number of ketones is 1. The van der Waals surface area contributed by atoms with Gasteiger partial charge in [0.15, 0.2) is 0 Å². The van der Waals surface area contributed by atoms with E-state index in [1.807, 2.05) is 0 Å². The third-order valence-corrected chi connectivity index (χ3v) is 5.73. The summed E-state index contributed by atoms with van der Waals surface area (Å²) >= 11 is 0. The smallest absolute Gasteiger partial charge is 0.132 e. The first-order chi connectivity index (χ1) is 13.8. The van der Waals surface area contributed by atoms with Crippen LogP contribution in [0.15, 0.2) is 0 Å². The average Bonchev–Trinajstić information content (AvgIpc) is 2.70. The molecule has 3 nitrogen and oxygen atoms in total. The van der Waals surface area contributed by atoms with Crippen LogP contribution in [0, 0.1) is 0 Å². The minimum atomic E-state index is 0.339. The van der Waals surface area contributed by atoms with E-state index in [2.05, 4.69) is 0 Å². The zero-order valence-corrected chi connectivity index (χ0v) is 18.8. The van der Waals surface area contributed by atoms with Crippen LogP contribution in [-0.4, -0.2) is 29.2 Å². The van der Waals surface area contributed by atoms with Crippen LogP contribution in [0.3, 0.4) is 0 Å². The van der Waals surface area contributed by atoms with Crippen LogP contribution >= 0.6 is 0 Å². The standard InChI is InChI=1S/C25H50O3/c26-23-19-15-11-7-3-1-5-9-13-17-21-25(28)22-18-14-10-6-2-4-8-12-16-20-24-27/h26-27H,1-24H2. The third kappa shape index (κ3) is 23.6.